The number of hydrogen-bond donors (Lipinski definition) is 4. The predicted molar refractivity (Wildman–Crippen MR) is 109 cm³/mol. The molecule has 150 valence electrons. The Hall–Kier alpha value is -2.66. The van der Waals surface area contributed by atoms with Crippen LogP contribution in [0.4, 0.5) is 11.5 Å². The molecular weight excluding hydrogens is 354 g/mol. The number of hydrogen-bond acceptors (Lipinski definition) is 5. The summed E-state index contributed by atoms with van der Waals surface area (Å²) in [5.41, 5.74) is 6.57. The number of guanidine groups is 1. The van der Waals surface area contributed by atoms with E-state index in [0.717, 1.165) is 25.2 Å². The first-order valence-corrected chi connectivity index (χ1v) is 10.1. The van der Waals surface area contributed by atoms with Crippen molar-refractivity contribution >= 4 is 23.4 Å². The largest absolute Gasteiger partial charge is 0.324 e. The monoisotopic (exact) mass is 383 g/mol. The summed E-state index contributed by atoms with van der Waals surface area (Å²) < 4.78 is 0. The van der Waals surface area contributed by atoms with Gasteiger partial charge < -0.3 is 16.4 Å². The normalized spacial score (nSPS) is 24.5. The molecule has 2 aliphatic rings. The third-order valence-electron chi connectivity index (χ3n) is 5.65. The standard InChI is InChI=1S/C20H29N7O/c1-2-3-4-16(22)19(28)27-18-8-7-15(11-23-18)25-20(24-12-21)26-17-10-13-5-6-14(17)9-13/h7-8,11,13-14,16-17H,2-6,9-10,22H2,1H3,(H,23,27,28)(H2,24,25,26)/t13-,14+,16+,17+/m1/s1. The molecule has 1 heterocycles. The molecule has 2 bridgehead atoms. The van der Waals surface area contributed by atoms with Crippen LogP contribution in [0.25, 0.3) is 0 Å². The van der Waals surface area contributed by atoms with E-state index < -0.39 is 6.04 Å². The molecule has 0 spiro atoms. The number of fused-ring (bicyclic) bond motifs is 2. The van der Waals surface area contributed by atoms with Gasteiger partial charge >= 0.3 is 0 Å². The van der Waals surface area contributed by atoms with Crippen molar-refractivity contribution in [3.8, 4) is 6.19 Å². The van der Waals surface area contributed by atoms with Crippen molar-refractivity contribution in [3.63, 3.8) is 0 Å². The molecule has 1 aromatic rings. The molecule has 1 amide bonds. The number of aromatic nitrogens is 1. The number of aliphatic imine (C=N–C) groups is 1. The highest BCUT2D eigenvalue weighted by Gasteiger charge is 2.39. The summed E-state index contributed by atoms with van der Waals surface area (Å²) in [5, 5.41) is 17.5. The number of anilines is 2. The lowest BCUT2D eigenvalue weighted by atomic mass is 9.96. The highest BCUT2D eigenvalue weighted by atomic mass is 16.2. The molecule has 0 aromatic carbocycles. The minimum atomic E-state index is -0.528. The number of nitrogens with one attached hydrogen (secondary N) is 3. The number of rotatable bonds is 7. The van der Waals surface area contributed by atoms with Gasteiger partial charge in [-0.1, -0.05) is 26.2 Å². The molecular formula is C20H29N7O. The summed E-state index contributed by atoms with van der Waals surface area (Å²) in [7, 11) is 0. The first-order chi connectivity index (χ1) is 13.6. The molecule has 2 saturated carbocycles. The number of carbonyl (C=O) groups excluding carboxylic acids is 1. The Morgan fingerprint density at radius 1 is 1.39 bits per heavy atom. The van der Waals surface area contributed by atoms with E-state index in [-0.39, 0.29) is 11.9 Å². The summed E-state index contributed by atoms with van der Waals surface area (Å²) in [6.45, 7) is 2.06. The number of nitrogens with zero attached hydrogens (tertiary/aromatic N) is 3. The fourth-order valence-corrected chi connectivity index (χ4v) is 4.14. The van der Waals surface area contributed by atoms with Crippen molar-refractivity contribution in [2.75, 3.05) is 10.6 Å². The molecule has 28 heavy (non-hydrogen) atoms. The topological polar surface area (TPSA) is 128 Å². The lowest BCUT2D eigenvalue weighted by Gasteiger charge is -2.19. The molecule has 0 aliphatic heterocycles. The van der Waals surface area contributed by atoms with Gasteiger partial charge in [-0.15, -0.1) is 0 Å². The zero-order chi connectivity index (χ0) is 19.9. The van der Waals surface area contributed by atoms with E-state index in [1.807, 2.05) is 6.19 Å². The van der Waals surface area contributed by atoms with Crippen molar-refractivity contribution in [2.45, 2.75) is 64.0 Å². The molecule has 5 N–H and O–H groups in total. The van der Waals surface area contributed by atoms with Gasteiger partial charge in [0.05, 0.1) is 24.0 Å². The zero-order valence-corrected chi connectivity index (χ0v) is 16.3. The Bertz CT molecular complexity index is 740. The van der Waals surface area contributed by atoms with Crippen LogP contribution in [0.2, 0.25) is 0 Å². The van der Waals surface area contributed by atoms with Gasteiger partial charge in [-0.2, -0.15) is 5.26 Å². The molecule has 1 aromatic heterocycles. The van der Waals surface area contributed by atoms with Gasteiger partial charge in [0, 0.05) is 0 Å². The Morgan fingerprint density at radius 2 is 2.25 bits per heavy atom. The zero-order valence-electron chi connectivity index (χ0n) is 16.3. The van der Waals surface area contributed by atoms with Crippen LogP contribution >= 0.6 is 0 Å². The average molecular weight is 384 g/mol. The molecule has 2 aliphatic carbocycles. The van der Waals surface area contributed by atoms with Crippen LogP contribution in [0.1, 0.15) is 51.9 Å². The van der Waals surface area contributed by atoms with Crippen molar-refractivity contribution in [2.24, 2.45) is 22.6 Å². The van der Waals surface area contributed by atoms with Crippen LogP contribution in [0, 0.1) is 23.3 Å². The van der Waals surface area contributed by atoms with Gasteiger partial charge in [0.1, 0.15) is 5.82 Å². The van der Waals surface area contributed by atoms with E-state index >= 15 is 0 Å². The number of unbranched alkanes of at least 4 members (excludes halogenated alkanes) is 1. The van der Waals surface area contributed by atoms with Crippen molar-refractivity contribution in [1.82, 2.24) is 10.3 Å². The minimum Gasteiger partial charge on any atom is -0.324 e. The highest BCUT2D eigenvalue weighted by Crippen LogP contribution is 2.45. The molecule has 8 heteroatoms. The summed E-state index contributed by atoms with van der Waals surface area (Å²) >= 11 is 0. The molecule has 0 unspecified atom stereocenters. The number of pyridine rings is 1. The van der Waals surface area contributed by atoms with Crippen LogP contribution in [-0.2, 0) is 4.79 Å². The SMILES string of the molecule is CCCC[C@H](N)C(=O)Nc1ccc(NC(=N[C@H]2C[C@@H]3CC[C@H]2C3)NC#N)cn1. The van der Waals surface area contributed by atoms with E-state index in [4.69, 9.17) is 16.0 Å². The van der Waals surface area contributed by atoms with Crippen molar-refractivity contribution in [3.05, 3.63) is 18.3 Å². The van der Waals surface area contributed by atoms with Crippen LogP contribution in [0.15, 0.2) is 23.3 Å². The lowest BCUT2D eigenvalue weighted by Crippen LogP contribution is -2.35. The molecule has 4 atom stereocenters. The number of nitriles is 1. The maximum atomic E-state index is 12.1. The molecule has 3 rings (SSSR count). The van der Waals surface area contributed by atoms with E-state index in [1.165, 1.54) is 19.3 Å². The molecule has 0 saturated heterocycles. The van der Waals surface area contributed by atoms with Crippen LogP contribution in [0.5, 0.6) is 0 Å². The van der Waals surface area contributed by atoms with Gasteiger partial charge in [0.15, 0.2) is 6.19 Å². The third-order valence-corrected chi connectivity index (χ3v) is 5.65. The second kappa shape index (κ2) is 9.51. The number of carbonyl (C=O) groups is 1. The van der Waals surface area contributed by atoms with Gasteiger partial charge in [-0.3, -0.25) is 10.1 Å². The first kappa shape index (κ1) is 20.1. The van der Waals surface area contributed by atoms with Gasteiger partial charge in [0.25, 0.3) is 0 Å². The van der Waals surface area contributed by atoms with Crippen LogP contribution < -0.4 is 21.7 Å². The van der Waals surface area contributed by atoms with Crippen molar-refractivity contribution < 1.29 is 4.79 Å². The van der Waals surface area contributed by atoms with E-state index in [1.54, 1.807) is 18.3 Å². The Balaban J connectivity index is 1.57. The second-order valence-corrected chi connectivity index (χ2v) is 7.75. The fourth-order valence-electron chi connectivity index (χ4n) is 4.14. The Kier molecular flexibility index (Phi) is 6.82. The highest BCUT2D eigenvalue weighted by molar-refractivity contribution is 5.95. The summed E-state index contributed by atoms with van der Waals surface area (Å²) in [4.78, 5) is 21.0. The van der Waals surface area contributed by atoms with Gasteiger partial charge in [-0.05, 0) is 49.7 Å². The third kappa shape index (κ3) is 5.20. The molecule has 2 fully saturated rings. The predicted octanol–water partition coefficient (Wildman–Crippen LogP) is 2.56. The average Bonchev–Trinajstić information content (AvgIpc) is 3.31. The van der Waals surface area contributed by atoms with Gasteiger partial charge in [-0.25, -0.2) is 9.98 Å². The minimum absolute atomic E-state index is 0.230. The summed E-state index contributed by atoms with van der Waals surface area (Å²) in [6, 6.07) is 3.24. The van der Waals surface area contributed by atoms with Crippen LogP contribution in [-0.4, -0.2) is 28.9 Å². The molecule has 8 nitrogen and oxygen atoms in total. The quantitative estimate of drug-likeness (QED) is 0.248. The number of amides is 1. The lowest BCUT2D eigenvalue weighted by molar-refractivity contribution is -0.117. The Morgan fingerprint density at radius 3 is 2.86 bits per heavy atom. The van der Waals surface area contributed by atoms with Crippen molar-refractivity contribution in [1.29, 1.82) is 5.26 Å². The maximum Gasteiger partial charge on any atom is 0.242 e. The van der Waals surface area contributed by atoms with E-state index in [0.29, 0.717) is 29.8 Å². The fraction of sp³-hybridized carbons (Fsp3) is 0.600. The first-order valence-electron chi connectivity index (χ1n) is 10.1. The smallest absolute Gasteiger partial charge is 0.242 e. The summed E-state index contributed by atoms with van der Waals surface area (Å²) in [5.74, 6) is 2.08. The van der Waals surface area contributed by atoms with Crippen LogP contribution in [0.3, 0.4) is 0 Å². The second-order valence-electron chi connectivity index (χ2n) is 7.75. The Labute approximate surface area is 166 Å². The molecule has 0 radical (unpaired) electrons. The number of nitrogens with two attached hydrogens (primary N) is 1. The maximum absolute atomic E-state index is 12.1. The summed E-state index contributed by atoms with van der Waals surface area (Å²) in [6.07, 6.45) is 11.0. The van der Waals surface area contributed by atoms with E-state index in [2.05, 4.69) is 27.9 Å². The van der Waals surface area contributed by atoms with E-state index in [9.17, 15) is 4.79 Å². The van der Waals surface area contributed by atoms with Gasteiger partial charge in [0.2, 0.25) is 11.9 Å².